The molecule has 1 aromatic carbocycles. The van der Waals surface area contributed by atoms with Gasteiger partial charge in [-0.25, -0.2) is 0 Å². The fourth-order valence-electron chi connectivity index (χ4n) is 1.30. The van der Waals surface area contributed by atoms with Gasteiger partial charge in [-0.2, -0.15) is 0 Å². The quantitative estimate of drug-likeness (QED) is 0.576. The average Bonchev–Trinajstić information content (AvgIpc) is 2.11. The van der Waals surface area contributed by atoms with Crippen molar-refractivity contribution in [3.63, 3.8) is 0 Å². The Kier molecular flexibility index (Phi) is 2.86. The van der Waals surface area contributed by atoms with Gasteiger partial charge in [-0.1, -0.05) is 6.07 Å². The Morgan fingerprint density at radius 1 is 1.43 bits per heavy atom. The van der Waals surface area contributed by atoms with Gasteiger partial charge in [0.2, 0.25) is 0 Å². The van der Waals surface area contributed by atoms with E-state index in [4.69, 9.17) is 5.73 Å². The van der Waals surface area contributed by atoms with Gasteiger partial charge in [0.15, 0.2) is 0 Å². The third kappa shape index (κ3) is 1.74. The van der Waals surface area contributed by atoms with Crippen molar-refractivity contribution in [1.29, 1.82) is 0 Å². The second-order valence-electron chi connectivity index (χ2n) is 3.06. The summed E-state index contributed by atoms with van der Waals surface area (Å²) in [6.07, 6.45) is 2.84. The molecule has 0 aliphatic heterocycles. The van der Waals surface area contributed by atoms with Crippen molar-refractivity contribution in [3.8, 4) is 0 Å². The van der Waals surface area contributed by atoms with Crippen molar-refractivity contribution in [3.05, 3.63) is 45.1 Å². The van der Waals surface area contributed by atoms with Crippen LogP contribution in [0.2, 0.25) is 0 Å². The number of benzene rings is 1. The minimum atomic E-state index is -0.377. The maximum Gasteiger partial charge on any atom is 0.279 e. The third-order valence-electron chi connectivity index (χ3n) is 2.19. The molecule has 0 saturated carbocycles. The van der Waals surface area contributed by atoms with E-state index in [0.717, 1.165) is 5.56 Å². The highest BCUT2D eigenvalue weighted by atomic mass is 16.6. The summed E-state index contributed by atoms with van der Waals surface area (Å²) in [5.74, 6) is 0. The molecule has 0 unspecified atom stereocenters. The second-order valence-corrected chi connectivity index (χ2v) is 3.06. The number of nitro groups is 1. The molecule has 0 amide bonds. The van der Waals surface area contributed by atoms with Crippen LogP contribution in [0, 0.1) is 24.0 Å². The number of nitrogens with two attached hydrogens (primary N) is 1. The SMILES string of the molecule is Cc1ccc(C=CN)c([N+](=O)[O-])c1C. The van der Waals surface area contributed by atoms with Crippen LogP contribution in [-0.2, 0) is 0 Å². The molecule has 1 rings (SSSR count). The molecule has 14 heavy (non-hydrogen) atoms. The molecule has 2 N–H and O–H groups in total. The van der Waals surface area contributed by atoms with E-state index in [1.807, 2.05) is 13.0 Å². The van der Waals surface area contributed by atoms with Crippen LogP contribution in [-0.4, -0.2) is 4.92 Å². The molecule has 0 fully saturated rings. The van der Waals surface area contributed by atoms with Crippen molar-refractivity contribution in [2.24, 2.45) is 5.73 Å². The smallest absolute Gasteiger partial charge is 0.279 e. The first-order valence-corrected chi connectivity index (χ1v) is 4.20. The third-order valence-corrected chi connectivity index (χ3v) is 2.19. The Hall–Kier alpha value is -1.84. The van der Waals surface area contributed by atoms with Crippen LogP contribution < -0.4 is 5.73 Å². The fourth-order valence-corrected chi connectivity index (χ4v) is 1.30. The molecule has 74 valence electrons. The molecule has 0 atom stereocenters. The van der Waals surface area contributed by atoms with Gasteiger partial charge in [-0.15, -0.1) is 0 Å². The van der Waals surface area contributed by atoms with Gasteiger partial charge < -0.3 is 5.73 Å². The van der Waals surface area contributed by atoms with Gasteiger partial charge >= 0.3 is 0 Å². The van der Waals surface area contributed by atoms with Gasteiger partial charge in [-0.3, -0.25) is 10.1 Å². The van der Waals surface area contributed by atoms with Crippen LogP contribution in [0.3, 0.4) is 0 Å². The highest BCUT2D eigenvalue weighted by Gasteiger charge is 2.16. The molecule has 0 aliphatic rings. The molecular weight excluding hydrogens is 180 g/mol. The lowest BCUT2D eigenvalue weighted by atomic mass is 10.0. The van der Waals surface area contributed by atoms with Crippen LogP contribution in [0.25, 0.3) is 6.08 Å². The zero-order valence-corrected chi connectivity index (χ0v) is 8.15. The first-order valence-electron chi connectivity index (χ1n) is 4.20. The molecule has 0 saturated heterocycles. The first kappa shape index (κ1) is 10.2. The summed E-state index contributed by atoms with van der Waals surface area (Å²) in [6.45, 7) is 3.58. The summed E-state index contributed by atoms with van der Waals surface area (Å²) in [5.41, 5.74) is 7.48. The molecule has 0 radical (unpaired) electrons. The molecule has 0 bridgehead atoms. The lowest BCUT2D eigenvalue weighted by molar-refractivity contribution is -0.385. The Labute approximate surface area is 82.2 Å². The number of hydrogen-bond acceptors (Lipinski definition) is 3. The Morgan fingerprint density at radius 3 is 2.57 bits per heavy atom. The minimum absolute atomic E-state index is 0.131. The number of aryl methyl sites for hydroxylation is 1. The summed E-state index contributed by atoms with van der Waals surface area (Å²) >= 11 is 0. The summed E-state index contributed by atoms with van der Waals surface area (Å²) in [4.78, 5) is 10.4. The van der Waals surface area contributed by atoms with E-state index in [9.17, 15) is 10.1 Å². The normalized spacial score (nSPS) is 10.7. The number of hydrogen-bond donors (Lipinski definition) is 1. The highest BCUT2D eigenvalue weighted by Crippen LogP contribution is 2.26. The van der Waals surface area contributed by atoms with Crippen LogP contribution in [0.1, 0.15) is 16.7 Å². The van der Waals surface area contributed by atoms with E-state index in [1.54, 1.807) is 13.0 Å². The van der Waals surface area contributed by atoms with Crippen molar-refractivity contribution >= 4 is 11.8 Å². The predicted molar refractivity (Wildman–Crippen MR) is 55.8 cm³/mol. The van der Waals surface area contributed by atoms with E-state index in [1.165, 1.54) is 12.3 Å². The molecular formula is C10H12N2O2. The molecule has 0 aromatic heterocycles. The van der Waals surface area contributed by atoms with Gasteiger partial charge in [-0.05, 0) is 37.8 Å². The van der Waals surface area contributed by atoms with Crippen molar-refractivity contribution < 1.29 is 4.92 Å². The summed E-state index contributed by atoms with van der Waals surface area (Å²) in [6, 6.07) is 3.54. The summed E-state index contributed by atoms with van der Waals surface area (Å²) in [7, 11) is 0. The highest BCUT2D eigenvalue weighted by molar-refractivity contribution is 5.64. The predicted octanol–water partition coefficient (Wildman–Crippen LogP) is 2.14. The van der Waals surface area contributed by atoms with Crippen LogP contribution >= 0.6 is 0 Å². The topological polar surface area (TPSA) is 69.2 Å². The number of nitro benzene ring substituents is 1. The molecule has 4 nitrogen and oxygen atoms in total. The van der Waals surface area contributed by atoms with Crippen LogP contribution in [0.4, 0.5) is 5.69 Å². The maximum atomic E-state index is 10.8. The molecule has 0 heterocycles. The molecule has 0 spiro atoms. The first-order chi connectivity index (χ1) is 6.57. The number of nitrogens with zero attached hydrogens (tertiary/aromatic N) is 1. The Morgan fingerprint density at radius 2 is 2.07 bits per heavy atom. The average molecular weight is 192 g/mol. The van der Waals surface area contributed by atoms with Crippen LogP contribution in [0.15, 0.2) is 18.3 Å². The van der Waals surface area contributed by atoms with Crippen molar-refractivity contribution in [2.45, 2.75) is 13.8 Å². The largest absolute Gasteiger partial charge is 0.405 e. The monoisotopic (exact) mass is 192 g/mol. The molecule has 1 aromatic rings. The second kappa shape index (κ2) is 3.91. The van der Waals surface area contributed by atoms with Gasteiger partial charge in [0, 0.05) is 5.56 Å². The van der Waals surface area contributed by atoms with Gasteiger partial charge in [0.05, 0.1) is 10.5 Å². The van der Waals surface area contributed by atoms with Crippen molar-refractivity contribution in [2.75, 3.05) is 0 Å². The van der Waals surface area contributed by atoms with Gasteiger partial charge in [0.1, 0.15) is 0 Å². The van der Waals surface area contributed by atoms with E-state index in [0.29, 0.717) is 11.1 Å². The van der Waals surface area contributed by atoms with Crippen molar-refractivity contribution in [1.82, 2.24) is 0 Å². The summed E-state index contributed by atoms with van der Waals surface area (Å²) in [5, 5.41) is 10.8. The lowest BCUT2D eigenvalue weighted by Crippen LogP contribution is -1.97. The molecule has 4 heteroatoms. The standard InChI is InChI=1S/C10H12N2O2/c1-7-3-4-9(5-6-11)10(8(7)2)12(13)14/h3-6H,11H2,1-2H3. The lowest BCUT2D eigenvalue weighted by Gasteiger charge is -2.03. The number of rotatable bonds is 2. The molecule has 0 aliphatic carbocycles. The summed E-state index contributed by atoms with van der Waals surface area (Å²) < 4.78 is 0. The van der Waals surface area contributed by atoms with E-state index in [2.05, 4.69) is 0 Å². The van der Waals surface area contributed by atoms with E-state index < -0.39 is 0 Å². The Balaban J connectivity index is 3.45. The van der Waals surface area contributed by atoms with E-state index >= 15 is 0 Å². The minimum Gasteiger partial charge on any atom is -0.405 e. The maximum absolute atomic E-state index is 10.8. The van der Waals surface area contributed by atoms with Crippen LogP contribution in [0.5, 0.6) is 0 Å². The Bertz CT molecular complexity index is 397. The zero-order valence-electron chi connectivity index (χ0n) is 8.15. The zero-order chi connectivity index (χ0) is 10.7. The van der Waals surface area contributed by atoms with Gasteiger partial charge in [0.25, 0.3) is 5.69 Å². The van der Waals surface area contributed by atoms with E-state index in [-0.39, 0.29) is 10.6 Å². The fraction of sp³-hybridized carbons (Fsp3) is 0.200.